The van der Waals surface area contributed by atoms with Gasteiger partial charge in [0.2, 0.25) is 5.91 Å². The molecular formula is C15H22BrN3O. The molecule has 0 aliphatic carbocycles. The first-order valence-corrected chi connectivity index (χ1v) is 7.88. The molecule has 0 saturated carbocycles. The van der Waals surface area contributed by atoms with Gasteiger partial charge in [0, 0.05) is 37.2 Å². The first kappa shape index (κ1) is 15.5. The monoisotopic (exact) mass is 339 g/mol. The molecule has 1 aliphatic heterocycles. The second-order valence-electron chi connectivity index (χ2n) is 5.17. The number of likely N-dealkylation sites (N-methyl/N-ethyl adjacent to an activating group) is 1. The van der Waals surface area contributed by atoms with E-state index in [1.54, 1.807) is 0 Å². The van der Waals surface area contributed by atoms with E-state index in [4.69, 9.17) is 0 Å². The molecule has 20 heavy (non-hydrogen) atoms. The summed E-state index contributed by atoms with van der Waals surface area (Å²) in [6.45, 7) is 8.10. The Bertz CT molecular complexity index is 478. The van der Waals surface area contributed by atoms with Gasteiger partial charge < -0.3 is 10.6 Å². The van der Waals surface area contributed by atoms with E-state index in [1.807, 2.05) is 6.92 Å². The molecule has 2 N–H and O–H groups in total. The molecule has 1 saturated heterocycles. The lowest BCUT2D eigenvalue weighted by atomic mass is 10.1. The molecule has 0 bridgehead atoms. The van der Waals surface area contributed by atoms with Crippen LogP contribution in [0.15, 0.2) is 22.7 Å². The fourth-order valence-corrected chi connectivity index (χ4v) is 2.77. The van der Waals surface area contributed by atoms with Crippen LogP contribution in [-0.4, -0.2) is 43.0 Å². The van der Waals surface area contributed by atoms with E-state index in [9.17, 15) is 4.79 Å². The molecular weight excluding hydrogens is 318 g/mol. The smallest absolute Gasteiger partial charge is 0.238 e. The maximum atomic E-state index is 12.1. The van der Waals surface area contributed by atoms with Gasteiger partial charge in [0.1, 0.15) is 6.04 Å². The van der Waals surface area contributed by atoms with Gasteiger partial charge in [-0.1, -0.05) is 28.1 Å². The van der Waals surface area contributed by atoms with Gasteiger partial charge in [-0.15, -0.1) is 0 Å². The number of amides is 1. The molecule has 1 amide bonds. The fourth-order valence-electron chi connectivity index (χ4n) is 2.53. The van der Waals surface area contributed by atoms with Crippen molar-refractivity contribution in [2.75, 3.05) is 26.2 Å². The maximum absolute atomic E-state index is 12.1. The van der Waals surface area contributed by atoms with E-state index in [0.29, 0.717) is 6.54 Å². The molecule has 1 aromatic carbocycles. The molecule has 1 fully saturated rings. The van der Waals surface area contributed by atoms with Gasteiger partial charge in [0.15, 0.2) is 0 Å². The molecule has 1 aromatic rings. The van der Waals surface area contributed by atoms with Crippen molar-refractivity contribution in [1.82, 2.24) is 15.5 Å². The molecule has 5 heteroatoms. The molecule has 0 spiro atoms. The predicted octanol–water partition coefficient (Wildman–Crippen LogP) is 1.67. The van der Waals surface area contributed by atoms with Crippen LogP contribution in [0, 0.1) is 6.92 Å². The quantitative estimate of drug-likeness (QED) is 0.876. The summed E-state index contributed by atoms with van der Waals surface area (Å²) in [4.78, 5) is 14.4. The van der Waals surface area contributed by atoms with Crippen molar-refractivity contribution >= 4 is 21.8 Å². The first-order valence-electron chi connectivity index (χ1n) is 7.09. The van der Waals surface area contributed by atoms with Gasteiger partial charge >= 0.3 is 0 Å². The Morgan fingerprint density at radius 2 is 2.35 bits per heavy atom. The Balaban J connectivity index is 2.08. The van der Waals surface area contributed by atoms with Gasteiger partial charge in [-0.2, -0.15) is 0 Å². The summed E-state index contributed by atoms with van der Waals surface area (Å²) < 4.78 is 1.13. The highest BCUT2D eigenvalue weighted by Gasteiger charge is 2.28. The van der Waals surface area contributed by atoms with Crippen LogP contribution in [0.2, 0.25) is 0 Å². The molecule has 1 heterocycles. The number of carbonyl (C=O) groups is 1. The van der Waals surface area contributed by atoms with E-state index < -0.39 is 0 Å². The average molecular weight is 340 g/mol. The maximum Gasteiger partial charge on any atom is 0.238 e. The highest BCUT2D eigenvalue weighted by atomic mass is 79.9. The predicted molar refractivity (Wildman–Crippen MR) is 84.6 cm³/mol. The van der Waals surface area contributed by atoms with Gasteiger partial charge in [-0.25, -0.2) is 0 Å². The number of rotatable bonds is 4. The summed E-state index contributed by atoms with van der Waals surface area (Å²) in [5.74, 6) is 0.119. The van der Waals surface area contributed by atoms with E-state index in [2.05, 4.69) is 56.6 Å². The minimum absolute atomic E-state index is 0.0762. The van der Waals surface area contributed by atoms with Crippen LogP contribution in [-0.2, 0) is 11.3 Å². The van der Waals surface area contributed by atoms with Crippen LogP contribution in [0.5, 0.6) is 0 Å². The SMILES string of the molecule is CCNC(=O)C1CNCCN1Cc1ccc(Br)c(C)c1. The van der Waals surface area contributed by atoms with Gasteiger partial charge in [-0.05, 0) is 31.0 Å². The molecule has 1 atom stereocenters. The van der Waals surface area contributed by atoms with E-state index in [1.165, 1.54) is 11.1 Å². The van der Waals surface area contributed by atoms with Crippen molar-refractivity contribution < 1.29 is 4.79 Å². The second kappa shape index (κ2) is 7.20. The Hall–Kier alpha value is -0.910. The van der Waals surface area contributed by atoms with E-state index >= 15 is 0 Å². The number of hydrogen-bond acceptors (Lipinski definition) is 3. The molecule has 1 unspecified atom stereocenters. The summed E-state index contributed by atoms with van der Waals surface area (Å²) in [6, 6.07) is 6.30. The summed E-state index contributed by atoms with van der Waals surface area (Å²) in [5, 5.41) is 6.22. The van der Waals surface area contributed by atoms with Crippen LogP contribution in [0.3, 0.4) is 0 Å². The van der Waals surface area contributed by atoms with Gasteiger partial charge in [-0.3, -0.25) is 9.69 Å². The number of aryl methyl sites for hydroxylation is 1. The van der Waals surface area contributed by atoms with Crippen LogP contribution in [0.4, 0.5) is 0 Å². The number of benzene rings is 1. The number of carbonyl (C=O) groups excluding carboxylic acids is 1. The lowest BCUT2D eigenvalue weighted by Gasteiger charge is -2.35. The lowest BCUT2D eigenvalue weighted by Crippen LogP contribution is -2.57. The third-order valence-corrected chi connectivity index (χ3v) is 4.51. The van der Waals surface area contributed by atoms with E-state index in [-0.39, 0.29) is 11.9 Å². The fraction of sp³-hybridized carbons (Fsp3) is 0.533. The zero-order chi connectivity index (χ0) is 14.5. The number of nitrogens with one attached hydrogen (secondary N) is 2. The number of hydrogen-bond donors (Lipinski definition) is 2. The Kier molecular flexibility index (Phi) is 5.57. The van der Waals surface area contributed by atoms with Crippen molar-refractivity contribution in [1.29, 1.82) is 0 Å². The zero-order valence-electron chi connectivity index (χ0n) is 12.1. The second-order valence-corrected chi connectivity index (χ2v) is 6.02. The Labute approximate surface area is 129 Å². The van der Waals surface area contributed by atoms with Crippen LogP contribution >= 0.6 is 15.9 Å². The average Bonchev–Trinajstić information content (AvgIpc) is 2.44. The summed E-state index contributed by atoms with van der Waals surface area (Å²) in [5.41, 5.74) is 2.48. The molecule has 2 rings (SSSR count). The number of nitrogens with zero attached hydrogens (tertiary/aromatic N) is 1. The molecule has 0 aromatic heterocycles. The topological polar surface area (TPSA) is 44.4 Å². The largest absolute Gasteiger partial charge is 0.355 e. The van der Waals surface area contributed by atoms with Crippen LogP contribution in [0.25, 0.3) is 0 Å². The summed E-state index contributed by atoms with van der Waals surface area (Å²) in [7, 11) is 0. The standard InChI is InChI=1S/C15H22BrN3O/c1-3-18-15(20)14-9-17-6-7-19(14)10-12-4-5-13(16)11(2)8-12/h4-5,8,14,17H,3,6-7,9-10H2,1-2H3,(H,18,20). The Morgan fingerprint density at radius 3 is 3.05 bits per heavy atom. The van der Waals surface area contributed by atoms with E-state index in [0.717, 1.165) is 30.7 Å². The molecule has 0 radical (unpaired) electrons. The zero-order valence-corrected chi connectivity index (χ0v) is 13.7. The van der Waals surface area contributed by atoms with Gasteiger partial charge in [0.05, 0.1) is 0 Å². The minimum Gasteiger partial charge on any atom is -0.355 e. The van der Waals surface area contributed by atoms with Crippen molar-refractivity contribution in [2.24, 2.45) is 0 Å². The summed E-state index contributed by atoms with van der Waals surface area (Å²) in [6.07, 6.45) is 0. The molecule has 4 nitrogen and oxygen atoms in total. The highest BCUT2D eigenvalue weighted by Crippen LogP contribution is 2.19. The first-order chi connectivity index (χ1) is 9.61. The number of halogens is 1. The van der Waals surface area contributed by atoms with Crippen molar-refractivity contribution in [3.63, 3.8) is 0 Å². The highest BCUT2D eigenvalue weighted by molar-refractivity contribution is 9.10. The van der Waals surface area contributed by atoms with Crippen molar-refractivity contribution in [3.8, 4) is 0 Å². The van der Waals surface area contributed by atoms with Gasteiger partial charge in [0.25, 0.3) is 0 Å². The van der Waals surface area contributed by atoms with Crippen molar-refractivity contribution in [2.45, 2.75) is 26.4 Å². The third-order valence-electron chi connectivity index (χ3n) is 3.62. The third kappa shape index (κ3) is 3.81. The minimum atomic E-state index is -0.0762. The molecule has 1 aliphatic rings. The summed E-state index contributed by atoms with van der Waals surface area (Å²) >= 11 is 3.52. The normalized spacial score (nSPS) is 19.9. The molecule has 110 valence electrons. The lowest BCUT2D eigenvalue weighted by molar-refractivity contribution is -0.127. The van der Waals surface area contributed by atoms with Crippen LogP contribution < -0.4 is 10.6 Å². The Morgan fingerprint density at radius 1 is 1.55 bits per heavy atom. The van der Waals surface area contributed by atoms with Crippen LogP contribution in [0.1, 0.15) is 18.1 Å². The van der Waals surface area contributed by atoms with Crippen molar-refractivity contribution in [3.05, 3.63) is 33.8 Å². The number of piperazine rings is 1.